The van der Waals surface area contributed by atoms with Crippen LogP contribution in [0.15, 0.2) is 60.8 Å². The van der Waals surface area contributed by atoms with Crippen LogP contribution in [0.1, 0.15) is 12.8 Å². The van der Waals surface area contributed by atoms with Gasteiger partial charge in [-0.2, -0.15) is 0 Å². The summed E-state index contributed by atoms with van der Waals surface area (Å²) in [4.78, 5) is 6.66. The van der Waals surface area contributed by atoms with Crippen LogP contribution in [-0.4, -0.2) is 30.5 Å². The van der Waals surface area contributed by atoms with Gasteiger partial charge < -0.3 is 14.4 Å². The lowest BCUT2D eigenvalue weighted by Gasteiger charge is -2.34. The Kier molecular flexibility index (Phi) is 4.98. The summed E-state index contributed by atoms with van der Waals surface area (Å²) in [5.74, 6) is -0.190. The van der Waals surface area contributed by atoms with Crippen molar-refractivity contribution >= 4 is 16.6 Å². The molecule has 7 heteroatoms. The van der Waals surface area contributed by atoms with E-state index in [2.05, 4.69) is 14.6 Å². The molecule has 0 spiro atoms. The number of anilines is 1. The molecule has 1 fully saturated rings. The minimum Gasteiger partial charge on any atom is -0.486 e. The first-order valence-corrected chi connectivity index (χ1v) is 9.10. The molecule has 2 heterocycles. The molecule has 0 unspecified atom stereocenters. The maximum absolute atomic E-state index is 12.6. The fourth-order valence-corrected chi connectivity index (χ4v) is 3.51. The van der Waals surface area contributed by atoms with Gasteiger partial charge in [-0.05, 0) is 24.3 Å². The van der Waals surface area contributed by atoms with Crippen molar-refractivity contribution in [3.05, 3.63) is 60.8 Å². The minimum atomic E-state index is -4.74. The van der Waals surface area contributed by atoms with Crippen LogP contribution in [0.2, 0.25) is 0 Å². The van der Waals surface area contributed by atoms with E-state index in [0.29, 0.717) is 12.8 Å². The van der Waals surface area contributed by atoms with Gasteiger partial charge in [0.1, 0.15) is 6.10 Å². The van der Waals surface area contributed by atoms with E-state index in [1.165, 1.54) is 18.2 Å². The highest BCUT2D eigenvalue weighted by molar-refractivity contribution is 5.91. The second-order valence-corrected chi connectivity index (χ2v) is 6.65. The summed E-state index contributed by atoms with van der Waals surface area (Å²) < 4.78 is 47.6. The number of fused-ring (bicyclic) bond motifs is 1. The first-order valence-electron chi connectivity index (χ1n) is 9.10. The van der Waals surface area contributed by atoms with Gasteiger partial charge in [0.15, 0.2) is 11.5 Å². The van der Waals surface area contributed by atoms with Gasteiger partial charge in [-0.15, -0.1) is 13.2 Å². The normalized spacial score (nSPS) is 15.6. The van der Waals surface area contributed by atoms with Crippen LogP contribution < -0.4 is 14.4 Å². The molecule has 1 saturated heterocycles. The molecule has 0 amide bonds. The molecule has 0 aliphatic carbocycles. The molecule has 0 atom stereocenters. The van der Waals surface area contributed by atoms with Crippen LogP contribution in [0, 0.1) is 0 Å². The molecule has 1 aromatic heterocycles. The molecule has 3 aromatic rings. The minimum absolute atomic E-state index is 0.118. The molecule has 4 nitrogen and oxygen atoms in total. The van der Waals surface area contributed by atoms with Crippen LogP contribution in [0.25, 0.3) is 10.9 Å². The van der Waals surface area contributed by atoms with Gasteiger partial charge in [-0.3, -0.25) is 4.98 Å². The van der Waals surface area contributed by atoms with Gasteiger partial charge >= 0.3 is 6.36 Å². The maximum atomic E-state index is 12.6. The number of rotatable bonds is 4. The number of hydrogen-bond donors (Lipinski definition) is 0. The van der Waals surface area contributed by atoms with Crippen LogP contribution in [0.3, 0.4) is 0 Å². The molecular formula is C21H19F3N2O2. The maximum Gasteiger partial charge on any atom is 0.573 e. The number of benzene rings is 2. The quantitative estimate of drug-likeness (QED) is 0.617. The summed E-state index contributed by atoms with van der Waals surface area (Å²) in [6.45, 7) is 1.50. The van der Waals surface area contributed by atoms with E-state index >= 15 is 0 Å². The highest BCUT2D eigenvalue weighted by atomic mass is 19.4. The Balaban J connectivity index is 1.44. The fraction of sp³-hybridized carbons (Fsp3) is 0.286. The second-order valence-electron chi connectivity index (χ2n) is 6.65. The molecule has 0 radical (unpaired) electrons. The number of nitrogens with zero attached hydrogens (tertiary/aromatic N) is 2. The number of ether oxygens (including phenoxy) is 2. The lowest BCUT2D eigenvalue weighted by atomic mass is 10.1. The number of piperidine rings is 1. The van der Waals surface area contributed by atoms with Crippen LogP contribution in [-0.2, 0) is 0 Å². The zero-order valence-electron chi connectivity index (χ0n) is 15.0. The van der Waals surface area contributed by atoms with Gasteiger partial charge in [0.25, 0.3) is 0 Å². The average molecular weight is 388 g/mol. The summed E-state index contributed by atoms with van der Waals surface area (Å²) in [7, 11) is 0. The van der Waals surface area contributed by atoms with Crippen molar-refractivity contribution in [1.29, 1.82) is 0 Å². The molecule has 0 bridgehead atoms. The van der Waals surface area contributed by atoms with Crippen LogP contribution in [0.4, 0.5) is 18.9 Å². The van der Waals surface area contributed by atoms with Gasteiger partial charge in [0, 0.05) is 43.2 Å². The van der Waals surface area contributed by atoms with Gasteiger partial charge in [0.05, 0.1) is 5.52 Å². The highest BCUT2D eigenvalue weighted by Gasteiger charge is 2.33. The Morgan fingerprint density at radius 1 is 0.893 bits per heavy atom. The smallest absolute Gasteiger partial charge is 0.486 e. The van der Waals surface area contributed by atoms with E-state index in [1.54, 1.807) is 12.3 Å². The van der Waals surface area contributed by atoms with E-state index in [1.807, 2.05) is 30.3 Å². The SMILES string of the molecule is FC(F)(F)Oc1ccccc1OC1CCN(c2ccnc3ccccc23)CC1. The van der Waals surface area contributed by atoms with Crippen molar-refractivity contribution < 1.29 is 22.6 Å². The monoisotopic (exact) mass is 388 g/mol. The second kappa shape index (κ2) is 7.58. The molecule has 28 heavy (non-hydrogen) atoms. The van der Waals surface area contributed by atoms with Crippen molar-refractivity contribution in [2.24, 2.45) is 0 Å². The fourth-order valence-electron chi connectivity index (χ4n) is 3.51. The standard InChI is InChI=1S/C21H19F3N2O2/c22-21(23,24)28-20-8-4-3-7-19(20)27-15-10-13-26(14-11-15)18-9-12-25-17-6-2-1-5-16(17)18/h1-9,12,15H,10-11,13-14H2. The van der Waals surface area contributed by atoms with Crippen molar-refractivity contribution in [3.8, 4) is 11.5 Å². The Hall–Kier alpha value is -2.96. The predicted molar refractivity (Wildman–Crippen MR) is 101 cm³/mol. The molecule has 2 aromatic carbocycles. The van der Waals surface area contributed by atoms with Gasteiger partial charge in [-0.25, -0.2) is 0 Å². The van der Waals surface area contributed by atoms with E-state index in [0.717, 1.165) is 29.7 Å². The number of aromatic nitrogens is 1. The van der Waals surface area contributed by atoms with E-state index < -0.39 is 6.36 Å². The molecule has 1 aliphatic heterocycles. The zero-order valence-corrected chi connectivity index (χ0v) is 15.0. The number of pyridine rings is 1. The third kappa shape index (κ3) is 4.13. The molecule has 4 rings (SSSR count). The first kappa shape index (κ1) is 18.4. The Bertz CT molecular complexity index is 948. The lowest BCUT2D eigenvalue weighted by molar-refractivity contribution is -0.275. The third-order valence-corrected chi connectivity index (χ3v) is 4.78. The summed E-state index contributed by atoms with van der Waals surface area (Å²) >= 11 is 0. The van der Waals surface area contributed by atoms with E-state index in [9.17, 15) is 13.2 Å². The molecule has 0 saturated carbocycles. The summed E-state index contributed by atoms with van der Waals surface area (Å²) in [6.07, 6.45) is -1.70. The van der Waals surface area contributed by atoms with Crippen molar-refractivity contribution in [3.63, 3.8) is 0 Å². The van der Waals surface area contributed by atoms with E-state index in [-0.39, 0.29) is 17.6 Å². The van der Waals surface area contributed by atoms with Crippen LogP contribution >= 0.6 is 0 Å². The Morgan fingerprint density at radius 2 is 1.57 bits per heavy atom. The van der Waals surface area contributed by atoms with Crippen LogP contribution in [0.5, 0.6) is 11.5 Å². The summed E-state index contributed by atoms with van der Waals surface area (Å²) in [5, 5.41) is 1.09. The lowest BCUT2D eigenvalue weighted by Crippen LogP contribution is -2.38. The highest BCUT2D eigenvalue weighted by Crippen LogP contribution is 2.34. The summed E-state index contributed by atoms with van der Waals surface area (Å²) in [6, 6.07) is 15.9. The van der Waals surface area contributed by atoms with Crippen molar-refractivity contribution in [2.75, 3.05) is 18.0 Å². The largest absolute Gasteiger partial charge is 0.573 e. The topological polar surface area (TPSA) is 34.6 Å². The first-order chi connectivity index (χ1) is 13.5. The predicted octanol–water partition coefficient (Wildman–Crippen LogP) is 5.18. The van der Waals surface area contributed by atoms with Crippen molar-refractivity contribution in [1.82, 2.24) is 4.98 Å². The van der Waals surface area contributed by atoms with Gasteiger partial charge in [0.2, 0.25) is 0 Å². The number of alkyl halides is 3. The van der Waals surface area contributed by atoms with Gasteiger partial charge in [-0.1, -0.05) is 30.3 Å². The zero-order chi connectivity index (χ0) is 19.6. The number of hydrogen-bond acceptors (Lipinski definition) is 4. The Labute approximate surface area is 160 Å². The number of para-hydroxylation sites is 3. The Morgan fingerprint density at radius 3 is 2.32 bits per heavy atom. The summed E-state index contributed by atoms with van der Waals surface area (Å²) in [5.41, 5.74) is 2.06. The average Bonchev–Trinajstić information content (AvgIpc) is 2.69. The van der Waals surface area contributed by atoms with E-state index in [4.69, 9.17) is 4.74 Å². The number of halogens is 3. The third-order valence-electron chi connectivity index (χ3n) is 4.78. The van der Waals surface area contributed by atoms with Crippen molar-refractivity contribution in [2.45, 2.75) is 25.3 Å². The molecular weight excluding hydrogens is 369 g/mol. The molecule has 1 aliphatic rings. The molecule has 146 valence electrons. The molecule has 0 N–H and O–H groups in total.